The molecule has 0 saturated carbocycles. The highest BCUT2D eigenvalue weighted by molar-refractivity contribution is 5.99. The Labute approximate surface area is 140 Å². The molecule has 0 fully saturated rings. The predicted octanol–water partition coefficient (Wildman–Crippen LogP) is 5.30. The van der Waals surface area contributed by atoms with Crippen molar-refractivity contribution >= 4 is 22.0 Å². The zero-order valence-corrected chi connectivity index (χ0v) is 14.0. The van der Waals surface area contributed by atoms with Gasteiger partial charge in [-0.25, -0.2) is 0 Å². The van der Waals surface area contributed by atoms with Crippen LogP contribution < -0.4 is 5.43 Å². The molecule has 0 spiro atoms. The average molecular weight is 317 g/mol. The van der Waals surface area contributed by atoms with Crippen LogP contribution in [-0.4, -0.2) is 4.57 Å². The predicted molar refractivity (Wildman–Crippen MR) is 98.5 cm³/mol. The second kappa shape index (κ2) is 5.38. The number of rotatable bonds is 2. The summed E-state index contributed by atoms with van der Waals surface area (Å²) >= 11 is 0. The maximum absolute atomic E-state index is 13.0. The Morgan fingerprint density at radius 2 is 1.62 bits per heavy atom. The third-order valence-electron chi connectivity index (χ3n) is 4.49. The van der Waals surface area contributed by atoms with E-state index < -0.39 is 0 Å². The number of hydrogen-bond donors (Lipinski definition) is 0. The Morgan fingerprint density at radius 1 is 0.958 bits per heavy atom. The molecule has 0 saturated heterocycles. The fourth-order valence-corrected chi connectivity index (χ4v) is 3.52. The van der Waals surface area contributed by atoms with E-state index in [0.717, 1.165) is 27.9 Å². The van der Waals surface area contributed by atoms with Crippen molar-refractivity contribution in [3.8, 4) is 11.1 Å². The minimum Gasteiger partial charge on any atom is -0.455 e. The van der Waals surface area contributed by atoms with Crippen molar-refractivity contribution < 1.29 is 4.42 Å². The molecule has 4 aromatic rings. The van der Waals surface area contributed by atoms with Gasteiger partial charge in [-0.3, -0.25) is 4.79 Å². The molecule has 120 valence electrons. The van der Waals surface area contributed by atoms with Crippen molar-refractivity contribution in [3.63, 3.8) is 0 Å². The van der Waals surface area contributed by atoms with Crippen molar-refractivity contribution in [3.05, 3.63) is 70.6 Å². The summed E-state index contributed by atoms with van der Waals surface area (Å²) in [5, 5.41) is 0.701. The molecular formula is C21H19NO2. The first-order valence-electron chi connectivity index (χ1n) is 8.21. The van der Waals surface area contributed by atoms with Crippen molar-refractivity contribution in [1.29, 1.82) is 0 Å². The van der Waals surface area contributed by atoms with E-state index in [1.54, 1.807) is 0 Å². The molecule has 0 aliphatic carbocycles. The van der Waals surface area contributed by atoms with Crippen LogP contribution in [0.1, 0.15) is 25.6 Å². The second-order valence-electron chi connectivity index (χ2n) is 6.39. The molecular weight excluding hydrogens is 298 g/mol. The van der Waals surface area contributed by atoms with Crippen LogP contribution in [0.4, 0.5) is 0 Å². The van der Waals surface area contributed by atoms with Gasteiger partial charge in [0, 0.05) is 17.0 Å². The first kappa shape index (κ1) is 14.8. The van der Waals surface area contributed by atoms with Gasteiger partial charge in [-0.1, -0.05) is 42.5 Å². The Hall–Kier alpha value is -2.81. The summed E-state index contributed by atoms with van der Waals surface area (Å²) in [4.78, 5) is 13.0. The van der Waals surface area contributed by atoms with E-state index in [1.807, 2.05) is 49.4 Å². The fourth-order valence-electron chi connectivity index (χ4n) is 3.52. The van der Waals surface area contributed by atoms with Crippen LogP contribution in [0.5, 0.6) is 0 Å². The molecule has 0 bridgehead atoms. The largest absolute Gasteiger partial charge is 0.455 e. The quantitative estimate of drug-likeness (QED) is 0.502. The van der Waals surface area contributed by atoms with E-state index in [1.165, 1.54) is 0 Å². The molecule has 2 heterocycles. The number of aryl methyl sites for hydroxylation is 1. The summed E-state index contributed by atoms with van der Waals surface area (Å²) in [6, 6.07) is 18.1. The molecule has 0 radical (unpaired) electrons. The van der Waals surface area contributed by atoms with Gasteiger partial charge in [0.05, 0.1) is 5.52 Å². The normalized spacial score (nSPS) is 11.7. The molecule has 0 amide bonds. The van der Waals surface area contributed by atoms with Gasteiger partial charge in [-0.15, -0.1) is 0 Å². The van der Waals surface area contributed by atoms with E-state index in [9.17, 15) is 4.79 Å². The lowest BCUT2D eigenvalue weighted by Gasteiger charge is -2.17. The van der Waals surface area contributed by atoms with Gasteiger partial charge in [-0.2, -0.15) is 0 Å². The number of nitrogens with zero attached hydrogens (tertiary/aromatic N) is 1. The average Bonchev–Trinajstić information content (AvgIpc) is 2.93. The lowest BCUT2D eigenvalue weighted by Crippen LogP contribution is -2.12. The molecule has 0 atom stereocenters. The van der Waals surface area contributed by atoms with Gasteiger partial charge >= 0.3 is 0 Å². The monoisotopic (exact) mass is 317 g/mol. The topological polar surface area (TPSA) is 35.1 Å². The summed E-state index contributed by atoms with van der Waals surface area (Å²) in [6.45, 7) is 6.19. The number of para-hydroxylation sites is 1. The molecule has 0 unspecified atom stereocenters. The van der Waals surface area contributed by atoms with Gasteiger partial charge in [0.25, 0.3) is 0 Å². The summed E-state index contributed by atoms with van der Waals surface area (Å²) in [5.74, 6) is 0.776. The van der Waals surface area contributed by atoms with E-state index in [2.05, 4.69) is 30.5 Å². The van der Waals surface area contributed by atoms with Gasteiger partial charge < -0.3 is 8.98 Å². The highest BCUT2D eigenvalue weighted by Gasteiger charge is 2.22. The minimum atomic E-state index is -0.0391. The van der Waals surface area contributed by atoms with Crippen LogP contribution in [0.15, 0.2) is 63.8 Å². The Morgan fingerprint density at radius 3 is 2.33 bits per heavy atom. The Kier molecular flexibility index (Phi) is 3.31. The zero-order valence-electron chi connectivity index (χ0n) is 14.0. The van der Waals surface area contributed by atoms with Crippen LogP contribution in [0.3, 0.4) is 0 Å². The number of aromatic nitrogens is 1. The van der Waals surface area contributed by atoms with Crippen LogP contribution in [0.25, 0.3) is 33.1 Å². The SMILES string of the molecule is Cc1oc2c(=O)c3ccccc3n(C(C)C)c2c1-c1ccccc1. The third kappa shape index (κ3) is 2.01. The number of fused-ring (bicyclic) bond motifs is 2. The molecule has 4 rings (SSSR count). The highest BCUT2D eigenvalue weighted by Crippen LogP contribution is 2.36. The van der Waals surface area contributed by atoms with Crippen LogP contribution >= 0.6 is 0 Å². The molecule has 0 N–H and O–H groups in total. The van der Waals surface area contributed by atoms with Crippen molar-refractivity contribution in [2.75, 3.05) is 0 Å². The minimum absolute atomic E-state index is 0.0391. The molecule has 0 aliphatic rings. The first-order valence-corrected chi connectivity index (χ1v) is 8.21. The molecule has 2 aromatic carbocycles. The first-order chi connectivity index (χ1) is 11.6. The van der Waals surface area contributed by atoms with Crippen LogP contribution in [0, 0.1) is 6.92 Å². The van der Waals surface area contributed by atoms with Crippen LogP contribution in [0.2, 0.25) is 0 Å². The number of pyridine rings is 1. The maximum Gasteiger partial charge on any atom is 0.232 e. The molecule has 3 nitrogen and oxygen atoms in total. The molecule has 0 aliphatic heterocycles. The van der Waals surface area contributed by atoms with Gasteiger partial charge in [0.15, 0.2) is 5.58 Å². The lowest BCUT2D eigenvalue weighted by atomic mass is 10.0. The Bertz CT molecular complexity index is 1100. The number of furan rings is 1. The van der Waals surface area contributed by atoms with E-state index in [4.69, 9.17) is 4.42 Å². The third-order valence-corrected chi connectivity index (χ3v) is 4.49. The lowest BCUT2D eigenvalue weighted by molar-refractivity contribution is 0.574. The summed E-state index contributed by atoms with van der Waals surface area (Å²) < 4.78 is 8.16. The Balaban J connectivity index is 2.28. The fraction of sp³-hybridized carbons (Fsp3) is 0.190. The maximum atomic E-state index is 13.0. The molecule has 3 heteroatoms. The number of benzene rings is 2. The van der Waals surface area contributed by atoms with Crippen molar-refractivity contribution in [2.45, 2.75) is 26.8 Å². The summed E-state index contributed by atoms with van der Waals surface area (Å²) in [5.41, 5.74) is 4.31. The molecule has 2 aromatic heterocycles. The second-order valence-corrected chi connectivity index (χ2v) is 6.39. The van der Waals surface area contributed by atoms with Crippen LogP contribution in [-0.2, 0) is 0 Å². The standard InChI is InChI=1S/C21H19NO2/c1-13(2)22-17-12-8-7-11-16(17)20(23)21-19(22)18(14(3)24-21)15-9-5-4-6-10-15/h4-13H,1-3H3. The van der Waals surface area contributed by atoms with Gasteiger partial charge in [0.2, 0.25) is 5.43 Å². The van der Waals surface area contributed by atoms with Gasteiger partial charge in [0.1, 0.15) is 11.3 Å². The summed E-state index contributed by atoms with van der Waals surface area (Å²) in [6.07, 6.45) is 0. The smallest absolute Gasteiger partial charge is 0.232 e. The van der Waals surface area contributed by atoms with Gasteiger partial charge in [-0.05, 0) is 38.5 Å². The van der Waals surface area contributed by atoms with E-state index in [-0.39, 0.29) is 11.5 Å². The highest BCUT2D eigenvalue weighted by atomic mass is 16.3. The zero-order chi connectivity index (χ0) is 16.8. The summed E-state index contributed by atoms with van der Waals surface area (Å²) in [7, 11) is 0. The number of hydrogen-bond acceptors (Lipinski definition) is 2. The van der Waals surface area contributed by atoms with E-state index in [0.29, 0.717) is 11.0 Å². The van der Waals surface area contributed by atoms with Crippen molar-refractivity contribution in [1.82, 2.24) is 4.57 Å². The molecule has 24 heavy (non-hydrogen) atoms. The van der Waals surface area contributed by atoms with E-state index >= 15 is 0 Å². The van der Waals surface area contributed by atoms with Crippen molar-refractivity contribution in [2.24, 2.45) is 0 Å².